The maximum Gasteiger partial charge on any atom is 0.248 e. The van der Waals surface area contributed by atoms with Crippen molar-refractivity contribution < 1.29 is 13.2 Å². The van der Waals surface area contributed by atoms with E-state index in [0.29, 0.717) is 0 Å². The van der Waals surface area contributed by atoms with Gasteiger partial charge in [-0.1, -0.05) is 0 Å². The van der Waals surface area contributed by atoms with Crippen LogP contribution in [0.15, 0.2) is 28.2 Å². The van der Waals surface area contributed by atoms with Crippen LogP contribution in [0.3, 0.4) is 0 Å². The van der Waals surface area contributed by atoms with Crippen molar-refractivity contribution in [1.29, 1.82) is 5.26 Å². The molecular weight excluding hydrogens is 258 g/mol. The van der Waals surface area contributed by atoms with Gasteiger partial charge in [-0.25, -0.2) is 8.42 Å². The number of ether oxygens (including phenoxy) is 1. The molecular formula is C10H11N3O4S. The highest BCUT2D eigenvalue weighted by molar-refractivity contribution is 7.89. The van der Waals surface area contributed by atoms with Crippen LogP contribution in [0.2, 0.25) is 0 Å². The van der Waals surface area contributed by atoms with Crippen LogP contribution >= 0.6 is 0 Å². The van der Waals surface area contributed by atoms with E-state index >= 15 is 0 Å². The van der Waals surface area contributed by atoms with E-state index in [1.165, 1.54) is 6.20 Å². The standard InChI is InChI=1S/C10H11N3O4S/c11-5-8-7-13(3-4-17-8)18(15,16)10-6-12-2-1-9(10)14/h1-2,6,8H,3-4,7H2,(H,12,14). The van der Waals surface area contributed by atoms with E-state index in [4.69, 9.17) is 10.00 Å². The van der Waals surface area contributed by atoms with Gasteiger partial charge in [0.15, 0.2) is 6.10 Å². The molecule has 1 saturated heterocycles. The van der Waals surface area contributed by atoms with Crippen molar-refractivity contribution in [2.45, 2.75) is 11.0 Å². The van der Waals surface area contributed by atoms with Gasteiger partial charge in [-0.3, -0.25) is 4.79 Å². The summed E-state index contributed by atoms with van der Waals surface area (Å²) in [7, 11) is -3.88. The third-order valence-corrected chi connectivity index (χ3v) is 4.47. The average Bonchev–Trinajstić information content (AvgIpc) is 2.39. The van der Waals surface area contributed by atoms with Crippen LogP contribution in [0.4, 0.5) is 0 Å². The monoisotopic (exact) mass is 269 g/mol. The number of nitriles is 1. The molecule has 0 spiro atoms. The number of pyridine rings is 1. The van der Waals surface area contributed by atoms with E-state index in [9.17, 15) is 13.2 Å². The number of aromatic amines is 1. The molecule has 0 aliphatic carbocycles. The lowest BCUT2D eigenvalue weighted by Gasteiger charge is -2.28. The van der Waals surface area contributed by atoms with Crippen molar-refractivity contribution in [2.24, 2.45) is 0 Å². The summed E-state index contributed by atoms with van der Waals surface area (Å²) in [5, 5.41) is 8.74. The minimum absolute atomic E-state index is 0.0623. The van der Waals surface area contributed by atoms with E-state index in [0.717, 1.165) is 16.6 Å². The fourth-order valence-corrected chi connectivity index (χ4v) is 3.13. The zero-order valence-electron chi connectivity index (χ0n) is 9.37. The van der Waals surface area contributed by atoms with Crippen molar-refractivity contribution in [3.8, 4) is 6.07 Å². The number of rotatable bonds is 2. The van der Waals surface area contributed by atoms with Crippen LogP contribution in [0.25, 0.3) is 0 Å². The lowest BCUT2D eigenvalue weighted by Crippen LogP contribution is -2.46. The van der Waals surface area contributed by atoms with Gasteiger partial charge < -0.3 is 9.72 Å². The first-order chi connectivity index (χ1) is 8.55. The van der Waals surface area contributed by atoms with Gasteiger partial charge in [0.05, 0.1) is 19.2 Å². The SMILES string of the molecule is N#CC1CN(S(=O)(=O)c2c[nH]ccc2=O)CCO1. The third-order valence-electron chi connectivity index (χ3n) is 2.58. The molecule has 0 radical (unpaired) electrons. The van der Waals surface area contributed by atoms with E-state index in [1.54, 1.807) is 0 Å². The summed E-state index contributed by atoms with van der Waals surface area (Å²) in [4.78, 5) is 13.8. The molecule has 1 unspecified atom stereocenters. The first-order valence-electron chi connectivity index (χ1n) is 5.24. The second-order valence-corrected chi connectivity index (χ2v) is 5.63. The number of nitrogens with zero attached hydrogens (tertiary/aromatic N) is 2. The Kier molecular flexibility index (Phi) is 3.47. The molecule has 1 aliphatic heterocycles. The highest BCUT2D eigenvalue weighted by Gasteiger charge is 2.32. The summed E-state index contributed by atoms with van der Waals surface area (Å²) < 4.78 is 30.6. The molecule has 8 heteroatoms. The molecule has 1 atom stereocenters. The van der Waals surface area contributed by atoms with Crippen LogP contribution in [0.5, 0.6) is 0 Å². The Bertz CT molecular complexity index is 631. The van der Waals surface area contributed by atoms with E-state index < -0.39 is 21.6 Å². The number of nitrogens with one attached hydrogen (secondary N) is 1. The molecule has 1 fully saturated rings. The number of hydrogen-bond acceptors (Lipinski definition) is 5. The third kappa shape index (κ3) is 2.28. The molecule has 96 valence electrons. The minimum Gasteiger partial charge on any atom is -0.366 e. The van der Waals surface area contributed by atoms with Crippen molar-refractivity contribution >= 4 is 10.0 Å². The molecule has 18 heavy (non-hydrogen) atoms. The van der Waals surface area contributed by atoms with Crippen molar-refractivity contribution in [3.63, 3.8) is 0 Å². The summed E-state index contributed by atoms with van der Waals surface area (Å²) in [6.45, 7) is 0.213. The van der Waals surface area contributed by atoms with Crippen LogP contribution in [0.1, 0.15) is 0 Å². The maximum absolute atomic E-state index is 12.2. The predicted molar refractivity (Wildman–Crippen MR) is 61.2 cm³/mol. The molecule has 2 heterocycles. The summed E-state index contributed by atoms with van der Waals surface area (Å²) in [6.07, 6.45) is 1.71. The number of aromatic nitrogens is 1. The van der Waals surface area contributed by atoms with Gasteiger partial charge in [0.25, 0.3) is 0 Å². The number of hydrogen-bond donors (Lipinski definition) is 1. The predicted octanol–water partition coefficient (Wildman–Crippen LogP) is -0.712. The van der Waals surface area contributed by atoms with Gasteiger partial charge in [0, 0.05) is 25.0 Å². The quantitative estimate of drug-likeness (QED) is 0.763. The second-order valence-electron chi connectivity index (χ2n) is 3.72. The van der Waals surface area contributed by atoms with Crippen LogP contribution in [-0.4, -0.2) is 43.5 Å². The Morgan fingerprint density at radius 1 is 1.56 bits per heavy atom. The van der Waals surface area contributed by atoms with Gasteiger partial charge in [0.2, 0.25) is 15.5 Å². The molecule has 7 nitrogen and oxygen atoms in total. The van der Waals surface area contributed by atoms with Gasteiger partial charge in [0.1, 0.15) is 4.90 Å². The zero-order chi connectivity index (χ0) is 13.2. The Morgan fingerprint density at radius 3 is 3.00 bits per heavy atom. The fourth-order valence-electron chi connectivity index (χ4n) is 1.66. The molecule has 0 amide bonds. The number of sulfonamides is 1. The van der Waals surface area contributed by atoms with Gasteiger partial charge >= 0.3 is 0 Å². The Labute approximate surface area is 104 Å². The lowest BCUT2D eigenvalue weighted by atomic mass is 10.3. The summed E-state index contributed by atoms with van der Waals surface area (Å²) in [6, 6.07) is 3.01. The van der Waals surface area contributed by atoms with Crippen LogP contribution in [-0.2, 0) is 14.8 Å². The van der Waals surface area contributed by atoms with Gasteiger partial charge in [-0.15, -0.1) is 0 Å². The van der Waals surface area contributed by atoms with E-state index in [1.807, 2.05) is 6.07 Å². The molecule has 1 aromatic rings. The largest absolute Gasteiger partial charge is 0.366 e. The smallest absolute Gasteiger partial charge is 0.248 e. The molecule has 2 rings (SSSR count). The first kappa shape index (κ1) is 12.8. The van der Waals surface area contributed by atoms with Gasteiger partial charge in [-0.2, -0.15) is 9.57 Å². The number of morpholine rings is 1. The Hall–Kier alpha value is -1.69. The number of H-pyrrole nitrogens is 1. The van der Waals surface area contributed by atoms with E-state index in [2.05, 4.69) is 4.98 Å². The normalized spacial score (nSPS) is 21.4. The molecule has 0 bridgehead atoms. The average molecular weight is 269 g/mol. The molecule has 0 aromatic carbocycles. The lowest BCUT2D eigenvalue weighted by molar-refractivity contribution is 0.0311. The molecule has 0 saturated carbocycles. The fraction of sp³-hybridized carbons (Fsp3) is 0.400. The molecule has 1 aromatic heterocycles. The van der Waals surface area contributed by atoms with Crippen LogP contribution in [0, 0.1) is 11.3 Å². The van der Waals surface area contributed by atoms with E-state index in [-0.39, 0.29) is 24.6 Å². The minimum atomic E-state index is -3.88. The highest BCUT2D eigenvalue weighted by Crippen LogP contribution is 2.15. The summed E-state index contributed by atoms with van der Waals surface area (Å²) in [5.74, 6) is 0. The van der Waals surface area contributed by atoms with Crippen molar-refractivity contribution in [3.05, 3.63) is 28.7 Å². The van der Waals surface area contributed by atoms with Crippen molar-refractivity contribution in [2.75, 3.05) is 19.7 Å². The maximum atomic E-state index is 12.2. The summed E-state index contributed by atoms with van der Waals surface area (Å²) >= 11 is 0. The topological polar surface area (TPSA) is 103 Å². The van der Waals surface area contributed by atoms with Crippen LogP contribution < -0.4 is 5.43 Å². The second kappa shape index (κ2) is 4.89. The molecule has 1 aliphatic rings. The first-order valence-corrected chi connectivity index (χ1v) is 6.68. The van der Waals surface area contributed by atoms with Crippen molar-refractivity contribution in [1.82, 2.24) is 9.29 Å². The molecule has 1 N–H and O–H groups in total. The Balaban J connectivity index is 2.35. The Morgan fingerprint density at radius 2 is 2.33 bits per heavy atom. The van der Waals surface area contributed by atoms with Gasteiger partial charge in [-0.05, 0) is 0 Å². The summed E-state index contributed by atoms with van der Waals surface area (Å²) in [5.41, 5.74) is -0.575. The zero-order valence-corrected chi connectivity index (χ0v) is 10.2. The highest BCUT2D eigenvalue weighted by atomic mass is 32.2.